The highest BCUT2D eigenvalue weighted by Gasteiger charge is 2.28. The van der Waals surface area contributed by atoms with Gasteiger partial charge in [-0.1, -0.05) is 12.1 Å². The van der Waals surface area contributed by atoms with Gasteiger partial charge in [0.15, 0.2) is 5.96 Å². The minimum Gasteiger partial charge on any atom is -0.383 e. The first kappa shape index (κ1) is 19.9. The summed E-state index contributed by atoms with van der Waals surface area (Å²) < 4.78 is 19.2. The Labute approximate surface area is 162 Å². The number of rotatable bonds is 8. The summed E-state index contributed by atoms with van der Waals surface area (Å²) in [5.74, 6) is 0.787. The largest absolute Gasteiger partial charge is 0.383 e. The molecule has 1 heterocycles. The maximum Gasteiger partial charge on any atom is 0.193 e. The summed E-state index contributed by atoms with van der Waals surface area (Å²) in [4.78, 5) is 11.3. The van der Waals surface area contributed by atoms with Gasteiger partial charge in [-0.25, -0.2) is 4.39 Å². The Kier molecular flexibility index (Phi) is 7.29. The highest BCUT2D eigenvalue weighted by atomic mass is 19.1. The number of halogens is 1. The third kappa shape index (κ3) is 5.56. The number of anilines is 1. The van der Waals surface area contributed by atoms with Crippen LogP contribution in [-0.4, -0.2) is 88.4 Å². The summed E-state index contributed by atoms with van der Waals surface area (Å²) in [5, 5.41) is 3.50. The first-order valence-electron chi connectivity index (χ1n) is 9.91. The van der Waals surface area contributed by atoms with Crippen LogP contribution in [-0.2, 0) is 4.74 Å². The van der Waals surface area contributed by atoms with Crippen LogP contribution in [0, 0.1) is 5.82 Å². The lowest BCUT2D eigenvalue weighted by Crippen LogP contribution is -2.53. The van der Waals surface area contributed by atoms with E-state index >= 15 is 0 Å². The summed E-state index contributed by atoms with van der Waals surface area (Å²) in [6.45, 7) is 6.91. The zero-order valence-corrected chi connectivity index (χ0v) is 16.5. The van der Waals surface area contributed by atoms with Crippen LogP contribution in [0.4, 0.5) is 10.1 Å². The molecule has 1 saturated heterocycles. The van der Waals surface area contributed by atoms with Crippen LogP contribution < -0.4 is 10.2 Å². The molecule has 1 aliphatic carbocycles. The Bertz CT molecular complexity index is 614. The Morgan fingerprint density at radius 1 is 1.22 bits per heavy atom. The van der Waals surface area contributed by atoms with Crippen molar-refractivity contribution in [1.82, 2.24) is 15.1 Å². The lowest BCUT2D eigenvalue weighted by atomic mass is 10.2. The number of methoxy groups -OCH3 is 1. The predicted octanol–water partition coefficient (Wildman–Crippen LogP) is 1.63. The molecule has 0 bridgehead atoms. The molecule has 2 aliphatic rings. The van der Waals surface area contributed by atoms with Gasteiger partial charge in [-0.15, -0.1) is 0 Å². The third-order valence-corrected chi connectivity index (χ3v) is 5.31. The number of aliphatic imine (C=N–C) groups is 1. The van der Waals surface area contributed by atoms with E-state index in [2.05, 4.69) is 25.0 Å². The molecule has 1 aliphatic heterocycles. The van der Waals surface area contributed by atoms with Gasteiger partial charge < -0.3 is 19.9 Å². The van der Waals surface area contributed by atoms with Crippen LogP contribution in [0.15, 0.2) is 29.3 Å². The summed E-state index contributed by atoms with van der Waals surface area (Å²) >= 11 is 0. The molecule has 0 radical (unpaired) electrons. The molecule has 0 atom stereocenters. The fourth-order valence-electron chi connectivity index (χ4n) is 3.64. The summed E-state index contributed by atoms with van der Waals surface area (Å²) in [6, 6.07) is 7.73. The first-order valence-corrected chi connectivity index (χ1v) is 9.91. The zero-order chi connectivity index (χ0) is 19.1. The van der Waals surface area contributed by atoms with E-state index in [1.54, 1.807) is 13.2 Å². The monoisotopic (exact) mass is 377 g/mol. The van der Waals surface area contributed by atoms with Crippen molar-refractivity contribution in [2.45, 2.75) is 18.9 Å². The predicted molar refractivity (Wildman–Crippen MR) is 108 cm³/mol. The standard InChI is InChI=1S/C20H32FN5O/c1-22-20(23-9-10-24(15-16-27-2)17-7-8-17)26-13-11-25(12-14-26)19-6-4-3-5-18(19)21/h3-6,17H,7-16H2,1-2H3,(H,22,23). The van der Waals surface area contributed by atoms with Crippen LogP contribution in [0.2, 0.25) is 0 Å². The van der Waals surface area contributed by atoms with E-state index in [9.17, 15) is 4.39 Å². The van der Waals surface area contributed by atoms with Crippen LogP contribution in [0.5, 0.6) is 0 Å². The van der Waals surface area contributed by atoms with Crippen molar-refractivity contribution in [2.75, 3.05) is 71.5 Å². The van der Waals surface area contributed by atoms with Gasteiger partial charge in [-0.2, -0.15) is 0 Å². The molecular weight excluding hydrogens is 345 g/mol. The minimum atomic E-state index is -0.148. The van der Waals surface area contributed by atoms with Crippen molar-refractivity contribution >= 4 is 11.6 Å². The number of benzene rings is 1. The van der Waals surface area contributed by atoms with Crippen LogP contribution in [0.1, 0.15) is 12.8 Å². The number of nitrogens with zero attached hydrogens (tertiary/aromatic N) is 4. The van der Waals surface area contributed by atoms with E-state index in [1.165, 1.54) is 18.9 Å². The zero-order valence-electron chi connectivity index (χ0n) is 16.5. The van der Waals surface area contributed by atoms with E-state index in [4.69, 9.17) is 4.74 Å². The van der Waals surface area contributed by atoms with Gasteiger partial charge in [0.2, 0.25) is 0 Å². The lowest BCUT2D eigenvalue weighted by Gasteiger charge is -2.38. The number of hydrogen-bond donors (Lipinski definition) is 1. The van der Waals surface area contributed by atoms with E-state index < -0.39 is 0 Å². The Morgan fingerprint density at radius 2 is 1.96 bits per heavy atom. The van der Waals surface area contributed by atoms with E-state index in [0.717, 1.165) is 64.4 Å². The summed E-state index contributed by atoms with van der Waals surface area (Å²) in [6.07, 6.45) is 2.60. The number of para-hydroxylation sites is 1. The summed E-state index contributed by atoms with van der Waals surface area (Å²) in [7, 11) is 3.58. The minimum absolute atomic E-state index is 0.148. The highest BCUT2D eigenvalue weighted by molar-refractivity contribution is 5.80. The number of ether oxygens (including phenoxy) is 1. The number of guanidine groups is 1. The molecule has 1 saturated carbocycles. The SMILES string of the molecule is CN=C(NCCN(CCOC)C1CC1)N1CCN(c2ccccc2F)CC1. The Balaban J connectivity index is 1.44. The average Bonchev–Trinajstić information content (AvgIpc) is 3.53. The smallest absolute Gasteiger partial charge is 0.193 e. The molecule has 0 unspecified atom stereocenters. The van der Waals surface area contributed by atoms with Gasteiger partial charge in [0, 0.05) is 66.0 Å². The molecule has 0 aromatic heterocycles. The molecule has 0 amide bonds. The first-order chi connectivity index (χ1) is 13.2. The average molecular weight is 378 g/mol. The van der Waals surface area contributed by atoms with Crippen molar-refractivity contribution in [1.29, 1.82) is 0 Å². The molecule has 0 spiro atoms. The molecule has 1 aromatic carbocycles. The quantitative estimate of drug-likeness (QED) is 0.551. The third-order valence-electron chi connectivity index (χ3n) is 5.31. The summed E-state index contributed by atoms with van der Waals surface area (Å²) in [5.41, 5.74) is 0.693. The molecule has 3 rings (SSSR count). The van der Waals surface area contributed by atoms with Gasteiger partial charge in [-0.3, -0.25) is 9.89 Å². The van der Waals surface area contributed by atoms with Crippen LogP contribution in [0.25, 0.3) is 0 Å². The molecule has 1 aromatic rings. The second kappa shape index (κ2) is 9.90. The molecule has 6 nitrogen and oxygen atoms in total. The van der Waals surface area contributed by atoms with Gasteiger partial charge >= 0.3 is 0 Å². The van der Waals surface area contributed by atoms with Crippen molar-refractivity contribution in [3.63, 3.8) is 0 Å². The van der Waals surface area contributed by atoms with E-state index in [-0.39, 0.29) is 5.82 Å². The number of piperazine rings is 1. The molecule has 7 heteroatoms. The fourth-order valence-corrected chi connectivity index (χ4v) is 3.64. The molecular formula is C20H32FN5O. The fraction of sp³-hybridized carbons (Fsp3) is 0.650. The van der Waals surface area contributed by atoms with Crippen molar-refractivity contribution < 1.29 is 9.13 Å². The van der Waals surface area contributed by atoms with Crippen molar-refractivity contribution in [3.05, 3.63) is 30.1 Å². The topological polar surface area (TPSA) is 43.3 Å². The Hall–Kier alpha value is -1.86. The second-order valence-corrected chi connectivity index (χ2v) is 7.16. The van der Waals surface area contributed by atoms with Gasteiger partial charge in [0.1, 0.15) is 5.82 Å². The van der Waals surface area contributed by atoms with Gasteiger partial charge in [0.25, 0.3) is 0 Å². The highest BCUT2D eigenvalue weighted by Crippen LogP contribution is 2.26. The number of nitrogens with one attached hydrogen (secondary N) is 1. The maximum atomic E-state index is 14.0. The van der Waals surface area contributed by atoms with Crippen LogP contribution in [0.3, 0.4) is 0 Å². The molecule has 150 valence electrons. The van der Waals surface area contributed by atoms with Crippen molar-refractivity contribution in [3.8, 4) is 0 Å². The van der Waals surface area contributed by atoms with Gasteiger partial charge in [-0.05, 0) is 25.0 Å². The number of hydrogen-bond acceptors (Lipinski definition) is 4. The van der Waals surface area contributed by atoms with Crippen molar-refractivity contribution in [2.24, 2.45) is 4.99 Å². The molecule has 27 heavy (non-hydrogen) atoms. The normalized spacial score (nSPS) is 18.3. The maximum absolute atomic E-state index is 14.0. The molecule has 1 N–H and O–H groups in total. The van der Waals surface area contributed by atoms with E-state index in [0.29, 0.717) is 5.69 Å². The Morgan fingerprint density at radius 3 is 2.59 bits per heavy atom. The second-order valence-electron chi connectivity index (χ2n) is 7.16. The molecule has 2 fully saturated rings. The van der Waals surface area contributed by atoms with Crippen LogP contribution >= 0.6 is 0 Å². The van der Waals surface area contributed by atoms with Gasteiger partial charge in [0.05, 0.1) is 12.3 Å². The van der Waals surface area contributed by atoms with E-state index in [1.807, 2.05) is 19.2 Å². The lowest BCUT2D eigenvalue weighted by molar-refractivity contribution is 0.144.